The van der Waals surface area contributed by atoms with Gasteiger partial charge in [-0.05, 0) is 51.1 Å². The van der Waals surface area contributed by atoms with Gasteiger partial charge in [0.15, 0.2) is 0 Å². The number of anilines is 1. The molecule has 7 heteroatoms. The summed E-state index contributed by atoms with van der Waals surface area (Å²) in [6.07, 6.45) is 2.56. The van der Waals surface area contributed by atoms with Gasteiger partial charge in [0.2, 0.25) is 5.91 Å². The lowest BCUT2D eigenvalue weighted by atomic mass is 10.0. The molecule has 1 unspecified atom stereocenters. The Morgan fingerprint density at radius 3 is 2.97 bits per heavy atom. The summed E-state index contributed by atoms with van der Waals surface area (Å²) in [5.41, 5.74) is 3.50. The molecule has 2 N–H and O–H groups in total. The number of amides is 1. The summed E-state index contributed by atoms with van der Waals surface area (Å²) in [7, 11) is 2.09. The van der Waals surface area contributed by atoms with Crippen molar-refractivity contribution < 1.29 is 4.79 Å². The van der Waals surface area contributed by atoms with Crippen molar-refractivity contribution in [3.8, 4) is 10.6 Å². The van der Waals surface area contributed by atoms with Gasteiger partial charge in [-0.1, -0.05) is 19.1 Å². The molecule has 3 aromatic rings. The third kappa shape index (κ3) is 4.38. The van der Waals surface area contributed by atoms with E-state index < -0.39 is 0 Å². The van der Waals surface area contributed by atoms with E-state index in [1.807, 2.05) is 12.1 Å². The highest BCUT2D eigenvalue weighted by Crippen LogP contribution is 2.44. The fourth-order valence-electron chi connectivity index (χ4n) is 3.63. The molecule has 2 aromatic heterocycles. The number of nitrogens with one attached hydrogen (secondary N) is 2. The molecular formula is C22H28N4OS2. The molecule has 5 nitrogen and oxygen atoms in total. The van der Waals surface area contributed by atoms with Crippen molar-refractivity contribution in [1.29, 1.82) is 0 Å². The zero-order chi connectivity index (χ0) is 20.4. The summed E-state index contributed by atoms with van der Waals surface area (Å²) in [6, 6.07) is 8.73. The molecule has 1 amide bonds. The molecule has 0 radical (unpaired) electrons. The number of hydrogen-bond donors (Lipinski definition) is 2. The number of thiazole rings is 1. The number of hydrogen-bond acceptors (Lipinski definition) is 6. The summed E-state index contributed by atoms with van der Waals surface area (Å²) in [4.78, 5) is 21.2. The van der Waals surface area contributed by atoms with Gasteiger partial charge < -0.3 is 15.5 Å². The third-order valence-corrected chi connectivity index (χ3v) is 7.92. The molecule has 0 bridgehead atoms. The van der Waals surface area contributed by atoms with E-state index in [0.29, 0.717) is 12.5 Å². The number of thiophene rings is 1. The van der Waals surface area contributed by atoms with Crippen LogP contribution in [0.15, 0.2) is 24.3 Å². The number of carbonyl (C=O) groups is 1. The van der Waals surface area contributed by atoms with Crippen LogP contribution in [0, 0.1) is 0 Å². The van der Waals surface area contributed by atoms with E-state index in [-0.39, 0.29) is 5.91 Å². The van der Waals surface area contributed by atoms with Gasteiger partial charge in [-0.3, -0.25) is 4.79 Å². The molecule has 1 aliphatic rings. The number of nitrogens with zero attached hydrogens (tertiary/aromatic N) is 2. The predicted octanol–water partition coefficient (Wildman–Crippen LogP) is 4.73. The van der Waals surface area contributed by atoms with Crippen molar-refractivity contribution in [2.24, 2.45) is 0 Å². The van der Waals surface area contributed by atoms with E-state index in [2.05, 4.69) is 48.6 Å². The van der Waals surface area contributed by atoms with Crippen molar-refractivity contribution >= 4 is 43.8 Å². The number of rotatable bonds is 7. The van der Waals surface area contributed by atoms with Gasteiger partial charge in [0.1, 0.15) is 10.0 Å². The van der Waals surface area contributed by atoms with Crippen molar-refractivity contribution in [2.75, 3.05) is 25.5 Å². The Bertz CT molecular complexity index is 977. The lowest BCUT2D eigenvalue weighted by Crippen LogP contribution is -2.31. The predicted molar refractivity (Wildman–Crippen MR) is 124 cm³/mol. The molecule has 0 aliphatic carbocycles. The smallest absolute Gasteiger partial charge is 0.226 e. The van der Waals surface area contributed by atoms with Gasteiger partial charge >= 0.3 is 0 Å². The first kappa shape index (κ1) is 20.5. The minimum atomic E-state index is 0.0778. The van der Waals surface area contributed by atoms with Gasteiger partial charge in [0, 0.05) is 36.0 Å². The van der Waals surface area contributed by atoms with Crippen LogP contribution in [0.25, 0.3) is 20.8 Å². The number of fused-ring (bicyclic) bond motifs is 2. The number of benzene rings is 1. The Morgan fingerprint density at radius 1 is 1.34 bits per heavy atom. The summed E-state index contributed by atoms with van der Waals surface area (Å²) in [5, 5.41) is 8.62. The minimum Gasteiger partial charge on any atom is -0.317 e. The molecule has 0 spiro atoms. The molecule has 1 aromatic carbocycles. The number of carbonyl (C=O) groups excluding carboxylic acids is 1. The van der Waals surface area contributed by atoms with Crippen LogP contribution >= 0.6 is 22.7 Å². The van der Waals surface area contributed by atoms with Gasteiger partial charge in [-0.25, -0.2) is 4.98 Å². The first-order valence-corrected chi connectivity index (χ1v) is 11.9. The van der Waals surface area contributed by atoms with Gasteiger partial charge in [-0.2, -0.15) is 0 Å². The van der Waals surface area contributed by atoms with E-state index >= 15 is 0 Å². The van der Waals surface area contributed by atoms with Gasteiger partial charge in [0.05, 0.1) is 10.2 Å². The Labute approximate surface area is 180 Å². The molecule has 154 valence electrons. The molecule has 4 rings (SSSR count). The van der Waals surface area contributed by atoms with E-state index in [1.165, 1.54) is 15.1 Å². The zero-order valence-corrected chi connectivity index (χ0v) is 18.9. The maximum Gasteiger partial charge on any atom is 0.226 e. The van der Waals surface area contributed by atoms with Gasteiger partial charge in [-0.15, -0.1) is 22.7 Å². The average Bonchev–Trinajstić information content (AvgIpc) is 3.31. The van der Waals surface area contributed by atoms with Crippen molar-refractivity contribution in [3.05, 3.63) is 34.7 Å². The van der Waals surface area contributed by atoms with Crippen molar-refractivity contribution in [1.82, 2.24) is 15.2 Å². The lowest BCUT2D eigenvalue weighted by molar-refractivity contribution is -0.116. The maximum absolute atomic E-state index is 12.7. The number of aromatic nitrogens is 1. The lowest BCUT2D eigenvalue weighted by Gasteiger charge is -2.22. The van der Waals surface area contributed by atoms with Crippen LogP contribution in [0.4, 0.5) is 5.00 Å². The second kappa shape index (κ2) is 8.92. The zero-order valence-electron chi connectivity index (χ0n) is 17.2. The highest BCUT2D eigenvalue weighted by molar-refractivity contribution is 7.22. The topological polar surface area (TPSA) is 57.3 Å². The van der Waals surface area contributed by atoms with E-state index in [9.17, 15) is 4.79 Å². The third-order valence-electron chi connectivity index (χ3n) is 5.72. The Hall–Kier alpha value is -1.80. The summed E-state index contributed by atoms with van der Waals surface area (Å²) < 4.78 is 1.18. The molecular weight excluding hydrogens is 400 g/mol. The summed E-state index contributed by atoms with van der Waals surface area (Å²) in [6.45, 7) is 6.97. The minimum absolute atomic E-state index is 0.0778. The van der Waals surface area contributed by atoms with E-state index in [0.717, 1.165) is 53.6 Å². The van der Waals surface area contributed by atoms with E-state index in [4.69, 9.17) is 4.98 Å². The van der Waals surface area contributed by atoms with E-state index in [1.54, 1.807) is 22.7 Å². The average molecular weight is 429 g/mol. The normalized spacial score (nSPS) is 14.9. The van der Waals surface area contributed by atoms with Crippen LogP contribution < -0.4 is 10.6 Å². The number of para-hydroxylation sites is 1. The maximum atomic E-state index is 12.7. The van der Waals surface area contributed by atoms with Crippen LogP contribution in [-0.2, 0) is 17.8 Å². The fraction of sp³-hybridized carbons (Fsp3) is 0.455. The second-order valence-corrected chi connectivity index (χ2v) is 9.79. The SMILES string of the molecule is CCC(C)N(C)CCC(=O)Nc1sc2c(c1-c1nc3ccccc3s1)CCNC2. The van der Waals surface area contributed by atoms with Crippen LogP contribution in [0.5, 0.6) is 0 Å². The second-order valence-electron chi connectivity index (χ2n) is 7.66. The molecule has 0 saturated heterocycles. The Balaban J connectivity index is 1.60. The largest absolute Gasteiger partial charge is 0.317 e. The highest BCUT2D eigenvalue weighted by atomic mass is 32.1. The first-order valence-electron chi connectivity index (χ1n) is 10.3. The van der Waals surface area contributed by atoms with Crippen LogP contribution in [-0.4, -0.2) is 42.0 Å². The van der Waals surface area contributed by atoms with Crippen LogP contribution in [0.2, 0.25) is 0 Å². The monoisotopic (exact) mass is 428 g/mol. The van der Waals surface area contributed by atoms with Crippen LogP contribution in [0.1, 0.15) is 37.1 Å². The highest BCUT2D eigenvalue weighted by Gasteiger charge is 2.25. The van der Waals surface area contributed by atoms with Crippen LogP contribution in [0.3, 0.4) is 0 Å². The summed E-state index contributed by atoms with van der Waals surface area (Å²) >= 11 is 3.41. The van der Waals surface area contributed by atoms with Crippen molar-refractivity contribution in [2.45, 2.75) is 45.7 Å². The van der Waals surface area contributed by atoms with Gasteiger partial charge in [0.25, 0.3) is 0 Å². The molecule has 29 heavy (non-hydrogen) atoms. The molecule has 0 saturated carbocycles. The Morgan fingerprint density at radius 2 is 2.17 bits per heavy atom. The molecule has 3 heterocycles. The summed E-state index contributed by atoms with van der Waals surface area (Å²) in [5.74, 6) is 0.0778. The molecule has 1 aliphatic heterocycles. The fourth-order valence-corrected chi connectivity index (χ4v) is 5.97. The standard InChI is InChI=1S/C22H28N4OS2/c1-4-14(2)26(3)12-10-19(27)25-22-20(15-9-11-23-13-18(15)29-22)21-24-16-7-5-6-8-17(16)28-21/h5-8,14,23H,4,9-13H2,1-3H3,(H,25,27). The first-order chi connectivity index (χ1) is 14.1. The van der Waals surface area contributed by atoms with Crippen molar-refractivity contribution in [3.63, 3.8) is 0 Å². The molecule has 1 atom stereocenters. The Kier molecular flexibility index (Phi) is 6.29. The molecule has 0 fully saturated rings. The quantitative estimate of drug-likeness (QED) is 0.571.